The molecule has 1 rings (SSSR count). The fourth-order valence-electron chi connectivity index (χ4n) is 1.42. The Labute approximate surface area is 106 Å². The van der Waals surface area contributed by atoms with E-state index in [2.05, 4.69) is 17.0 Å². The van der Waals surface area contributed by atoms with E-state index >= 15 is 0 Å². The van der Waals surface area contributed by atoms with Crippen LogP contribution in [0.3, 0.4) is 0 Å². The predicted octanol–water partition coefficient (Wildman–Crippen LogP) is 3.52. The second kappa shape index (κ2) is 8.69. The van der Waals surface area contributed by atoms with Gasteiger partial charge >= 0.3 is 6.61 Å². The molecule has 102 valence electrons. The fourth-order valence-corrected chi connectivity index (χ4v) is 1.42. The maximum atomic E-state index is 12.2. The highest BCUT2D eigenvalue weighted by atomic mass is 19.3. The summed E-state index contributed by atoms with van der Waals surface area (Å²) in [6, 6.07) is 6.62. The molecule has 0 unspecified atom stereocenters. The molecule has 0 aliphatic rings. The van der Waals surface area contributed by atoms with Crippen LogP contribution >= 0.6 is 0 Å². The van der Waals surface area contributed by atoms with Crippen molar-refractivity contribution >= 4 is 5.69 Å². The molecule has 1 aromatic carbocycles. The van der Waals surface area contributed by atoms with Crippen molar-refractivity contribution in [3.63, 3.8) is 0 Å². The molecular formula is C13H19F2NO2. The molecule has 0 atom stereocenters. The van der Waals surface area contributed by atoms with E-state index in [0.717, 1.165) is 19.4 Å². The van der Waals surface area contributed by atoms with E-state index in [0.29, 0.717) is 18.8 Å². The molecule has 0 saturated carbocycles. The van der Waals surface area contributed by atoms with Crippen LogP contribution in [0.5, 0.6) is 5.75 Å². The largest absolute Gasteiger partial charge is 0.433 e. The summed E-state index contributed by atoms with van der Waals surface area (Å²) in [6.45, 7) is 1.12. The number of ether oxygens (including phenoxy) is 2. The van der Waals surface area contributed by atoms with Crippen molar-refractivity contribution in [2.45, 2.75) is 26.4 Å². The number of unbranched alkanes of at least 4 members (excludes halogenated alkanes) is 1. The summed E-state index contributed by atoms with van der Waals surface area (Å²) >= 11 is 0. The van der Waals surface area contributed by atoms with Gasteiger partial charge in [0.05, 0.1) is 12.3 Å². The summed E-state index contributed by atoms with van der Waals surface area (Å²) in [7, 11) is 0. The SMILES string of the molecule is CCCCOCCNc1ccccc1OC(F)F. The fraction of sp³-hybridized carbons (Fsp3) is 0.538. The van der Waals surface area contributed by atoms with Gasteiger partial charge in [-0.2, -0.15) is 8.78 Å². The van der Waals surface area contributed by atoms with Gasteiger partial charge in [0, 0.05) is 13.2 Å². The molecule has 0 bridgehead atoms. The Morgan fingerprint density at radius 3 is 2.72 bits per heavy atom. The van der Waals surface area contributed by atoms with E-state index in [4.69, 9.17) is 4.74 Å². The van der Waals surface area contributed by atoms with Crippen LogP contribution in [0.1, 0.15) is 19.8 Å². The van der Waals surface area contributed by atoms with Crippen LogP contribution in [0.25, 0.3) is 0 Å². The maximum absolute atomic E-state index is 12.2. The lowest BCUT2D eigenvalue weighted by atomic mass is 10.3. The Morgan fingerprint density at radius 2 is 2.00 bits per heavy atom. The number of halogens is 2. The first-order valence-corrected chi connectivity index (χ1v) is 6.09. The molecule has 0 aliphatic carbocycles. The normalized spacial score (nSPS) is 10.7. The van der Waals surface area contributed by atoms with Crippen molar-refractivity contribution in [1.82, 2.24) is 0 Å². The smallest absolute Gasteiger partial charge is 0.387 e. The number of nitrogens with one attached hydrogen (secondary N) is 1. The van der Waals surface area contributed by atoms with E-state index in [-0.39, 0.29) is 5.75 Å². The van der Waals surface area contributed by atoms with Gasteiger partial charge in [-0.3, -0.25) is 0 Å². The van der Waals surface area contributed by atoms with Crippen LogP contribution in [-0.2, 0) is 4.74 Å². The number of hydrogen-bond donors (Lipinski definition) is 1. The van der Waals surface area contributed by atoms with Gasteiger partial charge in [-0.05, 0) is 18.6 Å². The zero-order chi connectivity index (χ0) is 13.2. The molecule has 0 radical (unpaired) electrons. The zero-order valence-electron chi connectivity index (χ0n) is 10.5. The number of alkyl halides is 2. The van der Waals surface area contributed by atoms with Gasteiger partial charge in [0.1, 0.15) is 5.75 Å². The van der Waals surface area contributed by atoms with Gasteiger partial charge in [0.25, 0.3) is 0 Å². The monoisotopic (exact) mass is 259 g/mol. The van der Waals surface area contributed by atoms with E-state index in [9.17, 15) is 8.78 Å². The minimum atomic E-state index is -2.81. The molecule has 0 aliphatic heterocycles. The van der Waals surface area contributed by atoms with Crippen molar-refractivity contribution in [1.29, 1.82) is 0 Å². The molecule has 5 heteroatoms. The Balaban J connectivity index is 2.32. The van der Waals surface area contributed by atoms with Crippen molar-refractivity contribution in [2.75, 3.05) is 25.1 Å². The molecule has 0 saturated heterocycles. The van der Waals surface area contributed by atoms with Crippen LogP contribution < -0.4 is 10.1 Å². The summed E-state index contributed by atoms with van der Waals surface area (Å²) in [6.07, 6.45) is 2.13. The molecule has 0 fully saturated rings. The average Bonchev–Trinajstić information content (AvgIpc) is 2.35. The Morgan fingerprint density at radius 1 is 1.22 bits per heavy atom. The number of hydrogen-bond acceptors (Lipinski definition) is 3. The lowest BCUT2D eigenvalue weighted by Gasteiger charge is -2.12. The maximum Gasteiger partial charge on any atom is 0.387 e. The summed E-state index contributed by atoms with van der Waals surface area (Å²) in [5.41, 5.74) is 0.553. The van der Waals surface area contributed by atoms with E-state index in [1.54, 1.807) is 18.2 Å². The number of rotatable bonds is 9. The van der Waals surface area contributed by atoms with Gasteiger partial charge in [0.15, 0.2) is 0 Å². The third-order valence-electron chi connectivity index (χ3n) is 2.31. The highest BCUT2D eigenvalue weighted by Gasteiger charge is 2.08. The molecule has 0 aromatic heterocycles. The highest BCUT2D eigenvalue weighted by Crippen LogP contribution is 2.24. The average molecular weight is 259 g/mol. The van der Waals surface area contributed by atoms with E-state index < -0.39 is 6.61 Å². The van der Waals surface area contributed by atoms with Gasteiger partial charge in [-0.1, -0.05) is 25.5 Å². The van der Waals surface area contributed by atoms with E-state index in [1.165, 1.54) is 6.07 Å². The molecular weight excluding hydrogens is 240 g/mol. The van der Waals surface area contributed by atoms with Gasteiger partial charge in [-0.15, -0.1) is 0 Å². The number of benzene rings is 1. The molecule has 0 amide bonds. The van der Waals surface area contributed by atoms with Crippen LogP contribution in [0.4, 0.5) is 14.5 Å². The summed E-state index contributed by atoms with van der Waals surface area (Å²) < 4.78 is 34.1. The Hall–Kier alpha value is -1.36. The van der Waals surface area contributed by atoms with Crippen molar-refractivity contribution in [3.05, 3.63) is 24.3 Å². The minimum absolute atomic E-state index is 0.154. The lowest BCUT2D eigenvalue weighted by Crippen LogP contribution is -2.12. The van der Waals surface area contributed by atoms with Crippen molar-refractivity contribution < 1.29 is 18.3 Å². The van der Waals surface area contributed by atoms with Gasteiger partial charge < -0.3 is 14.8 Å². The second-order valence-corrected chi connectivity index (χ2v) is 3.77. The van der Waals surface area contributed by atoms with Crippen LogP contribution in [0.2, 0.25) is 0 Å². The van der Waals surface area contributed by atoms with Crippen molar-refractivity contribution in [2.24, 2.45) is 0 Å². The molecule has 1 N–H and O–H groups in total. The predicted molar refractivity (Wildman–Crippen MR) is 67.3 cm³/mol. The quantitative estimate of drug-likeness (QED) is 0.688. The molecule has 1 aromatic rings. The van der Waals surface area contributed by atoms with Crippen LogP contribution in [0.15, 0.2) is 24.3 Å². The van der Waals surface area contributed by atoms with E-state index in [1.807, 2.05) is 0 Å². The summed E-state index contributed by atoms with van der Waals surface area (Å²) in [5.74, 6) is 0.154. The lowest BCUT2D eigenvalue weighted by molar-refractivity contribution is -0.0493. The third-order valence-corrected chi connectivity index (χ3v) is 2.31. The zero-order valence-corrected chi connectivity index (χ0v) is 10.5. The number of para-hydroxylation sites is 2. The van der Waals surface area contributed by atoms with Crippen LogP contribution in [0, 0.1) is 0 Å². The first kappa shape index (κ1) is 14.7. The molecule has 18 heavy (non-hydrogen) atoms. The van der Waals surface area contributed by atoms with Crippen molar-refractivity contribution in [3.8, 4) is 5.75 Å². The van der Waals surface area contributed by atoms with Crippen LogP contribution in [-0.4, -0.2) is 26.4 Å². The molecule has 0 heterocycles. The Kier molecular flexibility index (Phi) is 7.10. The van der Waals surface area contributed by atoms with Gasteiger partial charge in [-0.25, -0.2) is 0 Å². The van der Waals surface area contributed by atoms with Gasteiger partial charge in [0.2, 0.25) is 0 Å². The Bertz CT molecular complexity index is 335. The first-order valence-electron chi connectivity index (χ1n) is 6.09. The third kappa shape index (κ3) is 5.82. The molecule has 3 nitrogen and oxygen atoms in total. The standard InChI is InChI=1S/C13H19F2NO2/c1-2-3-9-17-10-8-16-11-6-4-5-7-12(11)18-13(14)15/h4-7,13,16H,2-3,8-10H2,1H3. The second-order valence-electron chi connectivity index (χ2n) is 3.77. The number of anilines is 1. The highest BCUT2D eigenvalue weighted by molar-refractivity contribution is 5.56. The minimum Gasteiger partial charge on any atom is -0.433 e. The topological polar surface area (TPSA) is 30.5 Å². The summed E-state index contributed by atoms with van der Waals surface area (Å²) in [4.78, 5) is 0. The summed E-state index contributed by atoms with van der Waals surface area (Å²) in [5, 5.41) is 3.01. The first-order chi connectivity index (χ1) is 8.74. The molecule has 0 spiro atoms.